The van der Waals surface area contributed by atoms with Gasteiger partial charge in [-0.3, -0.25) is 4.79 Å². The topological polar surface area (TPSA) is 61.8 Å². The molecule has 0 N–H and O–H groups in total. The fourth-order valence-corrected chi connectivity index (χ4v) is 2.72. The van der Waals surface area contributed by atoms with E-state index in [2.05, 4.69) is 0 Å². The van der Waals surface area contributed by atoms with E-state index in [0.717, 1.165) is 24.6 Å². The molecule has 30 heavy (non-hydrogen) atoms. The summed E-state index contributed by atoms with van der Waals surface area (Å²) in [5.74, 6) is -0.624. The average Bonchev–Trinajstić information content (AvgIpc) is 2.71. The molecule has 0 atom stereocenters. The molecule has 0 fully saturated rings. The van der Waals surface area contributed by atoms with Crippen molar-refractivity contribution in [3.8, 4) is 11.5 Å². The summed E-state index contributed by atoms with van der Waals surface area (Å²) in [5, 5.41) is 0. The molecule has 0 bridgehead atoms. The van der Waals surface area contributed by atoms with Crippen molar-refractivity contribution in [2.75, 3.05) is 20.8 Å². The number of esters is 1. The third-order valence-corrected chi connectivity index (χ3v) is 4.24. The van der Waals surface area contributed by atoms with Gasteiger partial charge in [-0.05, 0) is 42.3 Å². The molecule has 0 aliphatic carbocycles. The lowest BCUT2D eigenvalue weighted by atomic mass is 10.0. The maximum Gasteiger partial charge on any atom is 0.416 e. The van der Waals surface area contributed by atoms with Crippen molar-refractivity contribution in [3.63, 3.8) is 0 Å². The van der Waals surface area contributed by atoms with E-state index in [1.165, 1.54) is 32.4 Å². The molecule has 0 heterocycles. The molecule has 0 aromatic heterocycles. The highest BCUT2D eigenvalue weighted by Crippen LogP contribution is 2.33. The van der Waals surface area contributed by atoms with Crippen LogP contribution in [0.1, 0.15) is 23.6 Å². The Morgan fingerprint density at radius 1 is 1.00 bits per heavy atom. The largest absolute Gasteiger partial charge is 0.493 e. The highest BCUT2D eigenvalue weighted by Gasteiger charge is 2.33. The second kappa shape index (κ2) is 9.96. The van der Waals surface area contributed by atoms with E-state index in [0.29, 0.717) is 17.9 Å². The molecule has 0 saturated heterocycles. The van der Waals surface area contributed by atoms with Crippen LogP contribution in [0.4, 0.5) is 13.2 Å². The van der Waals surface area contributed by atoms with E-state index >= 15 is 0 Å². The first kappa shape index (κ1) is 23.0. The first-order valence-electron chi connectivity index (χ1n) is 8.94. The van der Waals surface area contributed by atoms with Crippen LogP contribution in [0.25, 0.3) is 6.08 Å². The molecule has 160 valence electrons. The Morgan fingerprint density at radius 3 is 2.27 bits per heavy atom. The van der Waals surface area contributed by atoms with Crippen LogP contribution in [0.2, 0.25) is 0 Å². The number of halogens is 3. The summed E-state index contributed by atoms with van der Waals surface area (Å²) in [7, 11) is 3.00. The summed E-state index contributed by atoms with van der Waals surface area (Å²) in [6.45, 7) is 1.03. The number of benzene rings is 2. The van der Waals surface area contributed by atoms with Crippen LogP contribution < -0.4 is 9.47 Å². The van der Waals surface area contributed by atoms with Crippen LogP contribution in [0.3, 0.4) is 0 Å². The summed E-state index contributed by atoms with van der Waals surface area (Å²) in [5.41, 5.74) is -0.899. The first-order valence-corrected chi connectivity index (χ1v) is 8.94. The van der Waals surface area contributed by atoms with Gasteiger partial charge in [-0.1, -0.05) is 24.3 Å². The average molecular weight is 422 g/mol. The molecule has 0 aliphatic heterocycles. The van der Waals surface area contributed by atoms with Gasteiger partial charge < -0.3 is 14.2 Å². The van der Waals surface area contributed by atoms with Crippen molar-refractivity contribution in [1.82, 2.24) is 0 Å². The Kier molecular flexibility index (Phi) is 7.63. The smallest absolute Gasteiger partial charge is 0.416 e. The molecule has 8 heteroatoms. The lowest BCUT2D eigenvalue weighted by molar-refractivity contribution is -0.140. The summed E-state index contributed by atoms with van der Waals surface area (Å²) < 4.78 is 54.9. The number of carbonyl (C=O) groups is 2. The van der Waals surface area contributed by atoms with Gasteiger partial charge in [0.15, 0.2) is 17.3 Å². The Labute approximate surface area is 172 Å². The predicted octanol–water partition coefficient (Wildman–Crippen LogP) is 4.48. The number of methoxy groups -OCH3 is 2. The van der Waals surface area contributed by atoms with Gasteiger partial charge in [-0.25, -0.2) is 4.79 Å². The number of Topliss-reactive ketones (excluding diaryl/α,β-unsaturated/α-hetero) is 1. The Hall–Kier alpha value is -3.29. The van der Waals surface area contributed by atoms with Crippen molar-refractivity contribution in [2.45, 2.75) is 19.5 Å². The number of alkyl halides is 3. The van der Waals surface area contributed by atoms with Gasteiger partial charge in [0.25, 0.3) is 0 Å². The van der Waals surface area contributed by atoms with Gasteiger partial charge in [-0.15, -0.1) is 0 Å². The number of hydrogen-bond acceptors (Lipinski definition) is 5. The van der Waals surface area contributed by atoms with Crippen molar-refractivity contribution < 1.29 is 37.0 Å². The van der Waals surface area contributed by atoms with Crippen molar-refractivity contribution in [1.29, 1.82) is 0 Å². The zero-order valence-electron chi connectivity index (χ0n) is 16.7. The quantitative estimate of drug-likeness (QED) is 0.272. The SMILES string of the molecule is COc1ccc(CCOC(=O)/C(=C/c2ccccc2C(F)(F)F)C(C)=O)cc1OC. The number of carbonyl (C=O) groups excluding carboxylic acids is 2. The van der Waals surface area contributed by atoms with Gasteiger partial charge in [-0.2, -0.15) is 13.2 Å². The van der Waals surface area contributed by atoms with Crippen LogP contribution in [0, 0.1) is 0 Å². The molecule has 0 aliphatic rings. The van der Waals surface area contributed by atoms with Gasteiger partial charge in [0.1, 0.15) is 5.57 Å². The zero-order valence-corrected chi connectivity index (χ0v) is 16.7. The van der Waals surface area contributed by atoms with Crippen LogP contribution in [0.15, 0.2) is 48.0 Å². The predicted molar refractivity (Wildman–Crippen MR) is 104 cm³/mol. The molecular weight excluding hydrogens is 401 g/mol. The molecule has 0 unspecified atom stereocenters. The van der Waals surface area contributed by atoms with Gasteiger partial charge in [0.05, 0.1) is 26.4 Å². The van der Waals surface area contributed by atoms with E-state index < -0.39 is 29.1 Å². The van der Waals surface area contributed by atoms with Gasteiger partial charge in [0, 0.05) is 6.42 Å². The maximum absolute atomic E-state index is 13.2. The molecule has 5 nitrogen and oxygen atoms in total. The van der Waals surface area contributed by atoms with Crippen LogP contribution >= 0.6 is 0 Å². The lowest BCUT2D eigenvalue weighted by Gasteiger charge is -2.12. The highest BCUT2D eigenvalue weighted by molar-refractivity contribution is 6.19. The minimum atomic E-state index is -4.62. The van der Waals surface area contributed by atoms with Gasteiger partial charge in [0.2, 0.25) is 0 Å². The summed E-state index contributed by atoms with van der Waals surface area (Å²) in [6.07, 6.45) is -3.40. The summed E-state index contributed by atoms with van der Waals surface area (Å²) >= 11 is 0. The van der Waals surface area contributed by atoms with E-state index in [-0.39, 0.29) is 12.2 Å². The Balaban J connectivity index is 2.14. The molecule has 0 spiro atoms. The lowest BCUT2D eigenvalue weighted by Crippen LogP contribution is -2.16. The van der Waals surface area contributed by atoms with Crippen molar-refractivity contribution in [3.05, 3.63) is 64.7 Å². The third kappa shape index (κ3) is 5.85. The first-order chi connectivity index (χ1) is 14.2. The second-order valence-corrected chi connectivity index (χ2v) is 6.27. The molecule has 2 rings (SSSR count). The molecule has 0 amide bonds. The Morgan fingerprint density at radius 2 is 1.67 bits per heavy atom. The molecular formula is C22H21F3O5. The van der Waals surface area contributed by atoms with Crippen molar-refractivity contribution >= 4 is 17.8 Å². The number of hydrogen-bond donors (Lipinski definition) is 0. The Bertz CT molecular complexity index is 948. The fourth-order valence-electron chi connectivity index (χ4n) is 2.72. The van der Waals surface area contributed by atoms with E-state index in [4.69, 9.17) is 14.2 Å². The second-order valence-electron chi connectivity index (χ2n) is 6.27. The standard InChI is InChI=1S/C22H21F3O5/c1-14(26)17(13-16-6-4-5-7-18(16)22(23,24)25)21(27)30-11-10-15-8-9-19(28-2)20(12-15)29-3/h4-9,12-13H,10-11H2,1-3H3/b17-13+. The monoisotopic (exact) mass is 422 g/mol. The van der Waals surface area contributed by atoms with E-state index in [1.807, 2.05) is 0 Å². The van der Waals surface area contributed by atoms with E-state index in [9.17, 15) is 22.8 Å². The number of rotatable bonds is 8. The summed E-state index contributed by atoms with van der Waals surface area (Å²) in [4.78, 5) is 24.2. The highest BCUT2D eigenvalue weighted by atomic mass is 19.4. The minimum absolute atomic E-state index is 0.0696. The molecule has 2 aromatic carbocycles. The minimum Gasteiger partial charge on any atom is -0.493 e. The number of ether oxygens (including phenoxy) is 3. The summed E-state index contributed by atoms with van der Waals surface area (Å²) in [6, 6.07) is 9.86. The molecule has 0 radical (unpaired) electrons. The van der Waals surface area contributed by atoms with E-state index in [1.54, 1.807) is 18.2 Å². The van der Waals surface area contributed by atoms with Gasteiger partial charge >= 0.3 is 12.1 Å². The zero-order chi connectivity index (χ0) is 22.3. The van der Waals surface area contributed by atoms with Crippen molar-refractivity contribution in [2.24, 2.45) is 0 Å². The van der Waals surface area contributed by atoms with Crippen LogP contribution in [-0.4, -0.2) is 32.6 Å². The molecule has 2 aromatic rings. The maximum atomic E-state index is 13.2. The number of ketones is 1. The van der Waals surface area contributed by atoms with Crippen LogP contribution in [-0.2, 0) is 26.9 Å². The normalized spacial score (nSPS) is 11.7. The third-order valence-electron chi connectivity index (χ3n) is 4.24. The van der Waals surface area contributed by atoms with Crippen LogP contribution in [0.5, 0.6) is 11.5 Å². The molecule has 0 saturated carbocycles. The fraction of sp³-hybridized carbons (Fsp3) is 0.273.